The fraction of sp³-hybridized carbons (Fsp3) is 0.364. The molecule has 1 aliphatic heterocycles. The summed E-state index contributed by atoms with van der Waals surface area (Å²) in [6, 6.07) is 6.56. The lowest BCUT2D eigenvalue weighted by molar-refractivity contribution is 0.478. The van der Waals surface area contributed by atoms with E-state index in [0.717, 1.165) is 0 Å². The number of thiocarbonyl (C=S) groups is 1. The molecule has 98 valence electrons. The Balaban J connectivity index is 1.92. The molecule has 0 radical (unpaired) electrons. The fourth-order valence-corrected chi connectivity index (χ4v) is 3.78. The fourth-order valence-electron chi connectivity index (χ4n) is 1.83. The lowest BCUT2D eigenvalue weighted by Crippen LogP contribution is -2.38. The zero-order valence-corrected chi connectivity index (χ0v) is 11.2. The Morgan fingerprint density at radius 3 is 2.72 bits per heavy atom. The molecule has 5 nitrogen and oxygen atoms in total. The second-order valence-corrected chi connectivity index (χ2v) is 6.85. The molecule has 0 saturated carbocycles. The molecule has 7 heteroatoms. The molecule has 0 amide bonds. The van der Waals surface area contributed by atoms with E-state index in [2.05, 4.69) is 10.6 Å². The largest absolute Gasteiger partial charge is 0.506 e. The smallest absolute Gasteiger partial charge is 0.171 e. The van der Waals surface area contributed by atoms with Crippen LogP contribution >= 0.6 is 12.2 Å². The highest BCUT2D eigenvalue weighted by Crippen LogP contribution is 2.21. The van der Waals surface area contributed by atoms with Gasteiger partial charge in [-0.1, -0.05) is 12.1 Å². The van der Waals surface area contributed by atoms with Gasteiger partial charge in [0.05, 0.1) is 17.2 Å². The number of anilines is 1. The average Bonchev–Trinajstić information content (AvgIpc) is 2.61. The summed E-state index contributed by atoms with van der Waals surface area (Å²) < 4.78 is 22.6. The second kappa shape index (κ2) is 5.11. The van der Waals surface area contributed by atoms with Crippen LogP contribution in [-0.2, 0) is 9.84 Å². The summed E-state index contributed by atoms with van der Waals surface area (Å²) in [5.41, 5.74) is 0.496. The third kappa shape index (κ3) is 3.33. The van der Waals surface area contributed by atoms with E-state index >= 15 is 0 Å². The minimum atomic E-state index is -2.92. The van der Waals surface area contributed by atoms with Gasteiger partial charge in [-0.15, -0.1) is 0 Å². The van der Waals surface area contributed by atoms with Gasteiger partial charge in [0.15, 0.2) is 14.9 Å². The number of phenols is 1. The Kier molecular flexibility index (Phi) is 3.72. The number of hydrogen-bond donors (Lipinski definition) is 3. The summed E-state index contributed by atoms with van der Waals surface area (Å²) in [6.07, 6.45) is 0.560. The topological polar surface area (TPSA) is 78.4 Å². The SMILES string of the molecule is O=S1(=O)CCC(NC(=S)Nc2ccccc2O)C1. The number of aromatic hydroxyl groups is 1. The van der Waals surface area contributed by atoms with E-state index in [4.69, 9.17) is 12.2 Å². The molecule has 3 N–H and O–H groups in total. The van der Waals surface area contributed by atoms with Crippen molar-refractivity contribution in [3.05, 3.63) is 24.3 Å². The van der Waals surface area contributed by atoms with Gasteiger partial charge in [-0.25, -0.2) is 8.42 Å². The van der Waals surface area contributed by atoms with E-state index < -0.39 is 9.84 Å². The Morgan fingerprint density at radius 2 is 2.11 bits per heavy atom. The normalized spacial score (nSPS) is 21.4. The molecule has 1 atom stereocenters. The maximum Gasteiger partial charge on any atom is 0.171 e. The van der Waals surface area contributed by atoms with Crippen molar-refractivity contribution in [2.45, 2.75) is 12.5 Å². The molecule has 1 fully saturated rings. The molecule has 0 spiro atoms. The van der Waals surface area contributed by atoms with E-state index in [1.165, 1.54) is 0 Å². The van der Waals surface area contributed by atoms with Crippen molar-refractivity contribution in [3.63, 3.8) is 0 Å². The quantitative estimate of drug-likeness (QED) is 0.553. The maximum absolute atomic E-state index is 11.3. The van der Waals surface area contributed by atoms with Crippen LogP contribution in [-0.4, -0.2) is 36.2 Å². The van der Waals surface area contributed by atoms with Gasteiger partial charge in [-0.3, -0.25) is 0 Å². The zero-order chi connectivity index (χ0) is 13.2. The Hall–Kier alpha value is -1.34. The summed E-state index contributed by atoms with van der Waals surface area (Å²) in [7, 11) is -2.92. The van der Waals surface area contributed by atoms with E-state index in [9.17, 15) is 13.5 Å². The summed E-state index contributed by atoms with van der Waals surface area (Å²) in [5, 5.41) is 15.7. The molecule has 1 heterocycles. The van der Waals surface area contributed by atoms with Crippen LogP contribution in [0, 0.1) is 0 Å². The molecule has 1 aromatic carbocycles. The van der Waals surface area contributed by atoms with E-state index in [1.807, 2.05) is 0 Å². The van der Waals surface area contributed by atoms with Gasteiger partial charge in [0, 0.05) is 6.04 Å². The number of rotatable bonds is 2. The van der Waals surface area contributed by atoms with E-state index in [0.29, 0.717) is 17.2 Å². The molecule has 1 saturated heterocycles. The third-order valence-corrected chi connectivity index (χ3v) is 4.71. The Labute approximate surface area is 111 Å². The predicted molar refractivity (Wildman–Crippen MR) is 74.5 cm³/mol. The number of phenolic OH excluding ortho intramolecular Hbond substituents is 1. The average molecular weight is 286 g/mol. The Morgan fingerprint density at radius 1 is 1.39 bits per heavy atom. The summed E-state index contributed by atoms with van der Waals surface area (Å²) >= 11 is 5.08. The third-order valence-electron chi connectivity index (χ3n) is 2.72. The first-order valence-electron chi connectivity index (χ1n) is 5.52. The van der Waals surface area contributed by atoms with Crippen LogP contribution < -0.4 is 10.6 Å². The van der Waals surface area contributed by atoms with Gasteiger partial charge in [-0.2, -0.15) is 0 Å². The number of para-hydroxylation sites is 2. The molecular formula is C11H14N2O3S2. The number of benzene rings is 1. The van der Waals surface area contributed by atoms with Gasteiger partial charge >= 0.3 is 0 Å². The monoisotopic (exact) mass is 286 g/mol. The minimum absolute atomic E-state index is 0.0979. The van der Waals surface area contributed by atoms with Crippen molar-refractivity contribution >= 4 is 32.9 Å². The van der Waals surface area contributed by atoms with Crippen LogP contribution in [0.15, 0.2) is 24.3 Å². The molecule has 1 aromatic rings. The summed E-state index contributed by atoms with van der Waals surface area (Å²) in [5.74, 6) is 0.403. The maximum atomic E-state index is 11.3. The highest BCUT2D eigenvalue weighted by Gasteiger charge is 2.28. The lowest BCUT2D eigenvalue weighted by atomic mass is 10.3. The van der Waals surface area contributed by atoms with Crippen molar-refractivity contribution in [2.75, 3.05) is 16.8 Å². The zero-order valence-electron chi connectivity index (χ0n) is 9.59. The van der Waals surface area contributed by atoms with Crippen LogP contribution in [0.25, 0.3) is 0 Å². The first kappa shape index (κ1) is 13.1. The van der Waals surface area contributed by atoms with Crippen molar-refractivity contribution in [2.24, 2.45) is 0 Å². The van der Waals surface area contributed by atoms with Crippen LogP contribution in [0.1, 0.15) is 6.42 Å². The van der Waals surface area contributed by atoms with E-state index in [-0.39, 0.29) is 23.3 Å². The lowest BCUT2D eigenvalue weighted by Gasteiger charge is -2.15. The number of hydrogen-bond acceptors (Lipinski definition) is 4. The number of sulfone groups is 1. The molecule has 1 aliphatic rings. The first-order valence-corrected chi connectivity index (χ1v) is 7.75. The Bertz CT molecular complexity index is 557. The van der Waals surface area contributed by atoms with Crippen molar-refractivity contribution in [1.29, 1.82) is 0 Å². The number of nitrogens with one attached hydrogen (secondary N) is 2. The predicted octanol–water partition coefficient (Wildman–Crippen LogP) is 0.866. The van der Waals surface area contributed by atoms with Crippen LogP contribution in [0.2, 0.25) is 0 Å². The molecule has 0 aliphatic carbocycles. The summed E-state index contributed by atoms with van der Waals surface area (Å²) in [4.78, 5) is 0. The molecule has 2 rings (SSSR count). The van der Waals surface area contributed by atoms with Gasteiger partial charge in [0.1, 0.15) is 5.75 Å². The summed E-state index contributed by atoms with van der Waals surface area (Å²) in [6.45, 7) is 0. The molecule has 18 heavy (non-hydrogen) atoms. The van der Waals surface area contributed by atoms with Crippen LogP contribution in [0.4, 0.5) is 5.69 Å². The van der Waals surface area contributed by atoms with Gasteiger partial charge < -0.3 is 15.7 Å². The second-order valence-electron chi connectivity index (χ2n) is 4.22. The van der Waals surface area contributed by atoms with Gasteiger partial charge in [-0.05, 0) is 30.8 Å². The standard InChI is InChI=1S/C11H14N2O3S2/c14-10-4-2-1-3-9(10)13-11(17)12-8-5-6-18(15,16)7-8/h1-4,8,14H,5-7H2,(H2,12,13,17). The molecule has 0 bridgehead atoms. The van der Waals surface area contributed by atoms with Gasteiger partial charge in [0.2, 0.25) is 0 Å². The van der Waals surface area contributed by atoms with Gasteiger partial charge in [0.25, 0.3) is 0 Å². The molecule has 0 aromatic heterocycles. The van der Waals surface area contributed by atoms with Crippen molar-refractivity contribution in [1.82, 2.24) is 5.32 Å². The van der Waals surface area contributed by atoms with Crippen LogP contribution in [0.3, 0.4) is 0 Å². The van der Waals surface area contributed by atoms with Crippen molar-refractivity contribution in [3.8, 4) is 5.75 Å². The van der Waals surface area contributed by atoms with Crippen LogP contribution in [0.5, 0.6) is 5.75 Å². The first-order chi connectivity index (χ1) is 8.46. The van der Waals surface area contributed by atoms with Crippen molar-refractivity contribution < 1.29 is 13.5 Å². The molecular weight excluding hydrogens is 272 g/mol. The minimum Gasteiger partial charge on any atom is -0.506 e. The highest BCUT2D eigenvalue weighted by atomic mass is 32.2. The van der Waals surface area contributed by atoms with E-state index in [1.54, 1.807) is 24.3 Å². The highest BCUT2D eigenvalue weighted by molar-refractivity contribution is 7.91. The molecule has 1 unspecified atom stereocenters.